The van der Waals surface area contributed by atoms with Crippen molar-refractivity contribution in [2.75, 3.05) is 6.61 Å². The Morgan fingerprint density at radius 3 is 2.80 bits per heavy atom. The van der Waals surface area contributed by atoms with Gasteiger partial charge in [0.25, 0.3) is 0 Å². The van der Waals surface area contributed by atoms with Crippen molar-refractivity contribution >= 4 is 0 Å². The predicted octanol–water partition coefficient (Wildman–Crippen LogP) is 4.07. The fourth-order valence-corrected chi connectivity index (χ4v) is 3.15. The maximum Gasteiger partial charge on any atom is 0.126 e. The molecule has 1 N–H and O–H groups in total. The minimum atomic E-state index is -0.433. The Labute approximate surface area is 122 Å². The molecule has 1 aromatic heterocycles. The van der Waals surface area contributed by atoms with E-state index >= 15 is 0 Å². The van der Waals surface area contributed by atoms with E-state index in [1.165, 1.54) is 6.42 Å². The van der Waals surface area contributed by atoms with E-state index in [1.807, 2.05) is 6.07 Å². The maximum atomic E-state index is 10.1. The predicted molar refractivity (Wildman–Crippen MR) is 81.0 cm³/mol. The molecule has 112 valence electrons. The number of fused-ring (bicyclic) bond motifs is 1. The van der Waals surface area contributed by atoms with E-state index in [1.54, 1.807) is 6.20 Å². The van der Waals surface area contributed by atoms with Gasteiger partial charge in [-0.3, -0.25) is 4.98 Å². The van der Waals surface area contributed by atoms with Crippen molar-refractivity contribution in [3.63, 3.8) is 0 Å². The van der Waals surface area contributed by atoms with Crippen LogP contribution in [0, 0.1) is 11.8 Å². The first kappa shape index (κ1) is 15.3. The lowest BCUT2D eigenvalue weighted by molar-refractivity contribution is 0.144. The summed E-state index contributed by atoms with van der Waals surface area (Å²) in [6, 6.07) is 1.94. The second-order valence-corrected chi connectivity index (χ2v) is 6.65. The van der Waals surface area contributed by atoms with Gasteiger partial charge in [-0.05, 0) is 43.1 Å². The van der Waals surface area contributed by atoms with Gasteiger partial charge in [0.1, 0.15) is 5.75 Å². The van der Waals surface area contributed by atoms with E-state index in [9.17, 15) is 5.11 Å². The molecule has 0 radical (unpaired) electrons. The molecule has 0 bridgehead atoms. The first-order valence-corrected chi connectivity index (χ1v) is 7.78. The van der Waals surface area contributed by atoms with E-state index < -0.39 is 6.10 Å². The Bertz CT molecular complexity index is 445. The van der Waals surface area contributed by atoms with Gasteiger partial charge in [-0.15, -0.1) is 0 Å². The average Bonchev–Trinajstić information content (AvgIpc) is 2.40. The van der Waals surface area contributed by atoms with Crippen LogP contribution >= 0.6 is 0 Å². The smallest absolute Gasteiger partial charge is 0.126 e. The standard InChI is InChI=1S/C17H27NO2/c1-11(2)9-12(3)10-20-15-7-8-18-17-14(19)6-5-13(4)16(15)17/h7-8,11-14,19H,5-6,9-10H2,1-4H3/t12-,13-,14?/m1/s1. The van der Waals surface area contributed by atoms with Crippen molar-refractivity contribution in [3.8, 4) is 5.75 Å². The van der Waals surface area contributed by atoms with E-state index in [0.717, 1.165) is 36.5 Å². The number of hydrogen-bond donors (Lipinski definition) is 1. The highest BCUT2D eigenvalue weighted by molar-refractivity contribution is 5.41. The molecule has 0 saturated carbocycles. The summed E-state index contributed by atoms with van der Waals surface area (Å²) in [5, 5.41) is 10.1. The van der Waals surface area contributed by atoms with E-state index in [0.29, 0.717) is 17.8 Å². The highest BCUT2D eigenvalue weighted by Gasteiger charge is 2.27. The Morgan fingerprint density at radius 1 is 1.35 bits per heavy atom. The Balaban J connectivity index is 2.11. The monoisotopic (exact) mass is 277 g/mol. The summed E-state index contributed by atoms with van der Waals surface area (Å²) in [5.74, 6) is 2.57. The molecule has 3 heteroatoms. The van der Waals surface area contributed by atoms with Gasteiger partial charge in [0.2, 0.25) is 0 Å². The van der Waals surface area contributed by atoms with Crippen LogP contribution in [0.15, 0.2) is 12.3 Å². The van der Waals surface area contributed by atoms with Crippen LogP contribution in [0.4, 0.5) is 0 Å². The van der Waals surface area contributed by atoms with Crippen LogP contribution in [0.3, 0.4) is 0 Å². The summed E-state index contributed by atoms with van der Waals surface area (Å²) >= 11 is 0. The number of rotatable bonds is 5. The molecular weight excluding hydrogens is 250 g/mol. The minimum absolute atomic E-state index is 0.414. The lowest BCUT2D eigenvalue weighted by Crippen LogP contribution is -2.17. The number of ether oxygens (including phenoxy) is 1. The number of aliphatic hydroxyl groups is 1. The van der Waals surface area contributed by atoms with Crippen molar-refractivity contribution in [1.29, 1.82) is 0 Å². The number of nitrogens with zero attached hydrogens (tertiary/aromatic N) is 1. The van der Waals surface area contributed by atoms with Crippen molar-refractivity contribution in [2.24, 2.45) is 11.8 Å². The van der Waals surface area contributed by atoms with Gasteiger partial charge < -0.3 is 9.84 Å². The second kappa shape index (κ2) is 6.57. The molecule has 2 rings (SSSR count). The topological polar surface area (TPSA) is 42.4 Å². The molecule has 1 aromatic rings. The fraction of sp³-hybridized carbons (Fsp3) is 0.706. The zero-order valence-corrected chi connectivity index (χ0v) is 13.1. The number of hydrogen-bond acceptors (Lipinski definition) is 3. The van der Waals surface area contributed by atoms with Gasteiger partial charge in [0, 0.05) is 11.8 Å². The van der Waals surface area contributed by atoms with E-state index in [4.69, 9.17) is 4.74 Å². The highest BCUT2D eigenvalue weighted by atomic mass is 16.5. The van der Waals surface area contributed by atoms with Gasteiger partial charge in [-0.1, -0.05) is 27.7 Å². The van der Waals surface area contributed by atoms with Crippen LogP contribution in [-0.4, -0.2) is 16.7 Å². The van der Waals surface area contributed by atoms with Crippen LogP contribution in [0.25, 0.3) is 0 Å². The molecule has 0 aromatic carbocycles. The third-order valence-corrected chi connectivity index (χ3v) is 4.06. The zero-order valence-electron chi connectivity index (χ0n) is 13.1. The van der Waals surface area contributed by atoms with Gasteiger partial charge in [0.15, 0.2) is 0 Å². The molecule has 0 spiro atoms. The third kappa shape index (κ3) is 3.51. The summed E-state index contributed by atoms with van der Waals surface area (Å²) in [4.78, 5) is 4.36. The van der Waals surface area contributed by atoms with Crippen molar-refractivity contribution < 1.29 is 9.84 Å². The minimum Gasteiger partial charge on any atom is -0.493 e. The van der Waals surface area contributed by atoms with Gasteiger partial charge >= 0.3 is 0 Å². The molecule has 3 atom stereocenters. The quantitative estimate of drug-likeness (QED) is 0.882. The van der Waals surface area contributed by atoms with E-state index in [2.05, 4.69) is 32.7 Å². The highest BCUT2D eigenvalue weighted by Crippen LogP contribution is 2.41. The normalized spacial score (nSPS) is 23.5. The molecule has 0 aliphatic heterocycles. The van der Waals surface area contributed by atoms with Crippen molar-refractivity contribution in [2.45, 2.75) is 59.0 Å². The second-order valence-electron chi connectivity index (χ2n) is 6.65. The lowest BCUT2D eigenvalue weighted by Gasteiger charge is -2.28. The average molecular weight is 277 g/mol. The lowest BCUT2D eigenvalue weighted by atomic mass is 9.85. The summed E-state index contributed by atoms with van der Waals surface area (Å²) in [7, 11) is 0. The first-order chi connectivity index (χ1) is 9.49. The summed E-state index contributed by atoms with van der Waals surface area (Å²) in [6.07, 6.45) is 4.29. The van der Waals surface area contributed by atoms with Crippen molar-refractivity contribution in [1.82, 2.24) is 4.98 Å². The van der Waals surface area contributed by atoms with Crippen LogP contribution in [-0.2, 0) is 0 Å². The summed E-state index contributed by atoms with van der Waals surface area (Å²) in [6.45, 7) is 9.63. The molecule has 0 fully saturated rings. The largest absolute Gasteiger partial charge is 0.493 e. The van der Waals surface area contributed by atoms with Crippen LogP contribution in [0.5, 0.6) is 5.75 Å². The van der Waals surface area contributed by atoms with Gasteiger partial charge in [-0.2, -0.15) is 0 Å². The number of aliphatic hydroxyl groups excluding tert-OH is 1. The maximum absolute atomic E-state index is 10.1. The molecule has 20 heavy (non-hydrogen) atoms. The van der Waals surface area contributed by atoms with Gasteiger partial charge in [0.05, 0.1) is 18.4 Å². The molecule has 0 amide bonds. The molecule has 1 heterocycles. The van der Waals surface area contributed by atoms with Gasteiger partial charge in [-0.25, -0.2) is 0 Å². The number of pyridine rings is 1. The summed E-state index contributed by atoms with van der Waals surface area (Å²) < 4.78 is 6.03. The Kier molecular flexibility index (Phi) is 5.03. The van der Waals surface area contributed by atoms with Crippen molar-refractivity contribution in [3.05, 3.63) is 23.5 Å². The summed E-state index contributed by atoms with van der Waals surface area (Å²) in [5.41, 5.74) is 1.93. The zero-order chi connectivity index (χ0) is 14.7. The Morgan fingerprint density at radius 2 is 2.10 bits per heavy atom. The molecule has 0 saturated heterocycles. The third-order valence-electron chi connectivity index (χ3n) is 4.06. The van der Waals surface area contributed by atoms with Crippen LogP contribution in [0.2, 0.25) is 0 Å². The Hall–Kier alpha value is -1.09. The first-order valence-electron chi connectivity index (χ1n) is 7.78. The van der Waals surface area contributed by atoms with Crippen LogP contribution in [0.1, 0.15) is 70.2 Å². The van der Waals surface area contributed by atoms with E-state index in [-0.39, 0.29) is 0 Å². The molecule has 3 nitrogen and oxygen atoms in total. The molecular formula is C17H27NO2. The molecule has 1 aliphatic carbocycles. The fourth-order valence-electron chi connectivity index (χ4n) is 3.15. The molecule has 1 unspecified atom stereocenters. The SMILES string of the molecule is CC(C)C[C@@H](C)COc1ccnc2c1[C@H](C)CCC2O. The number of aromatic nitrogens is 1. The molecule has 1 aliphatic rings. The van der Waals surface area contributed by atoms with Crippen LogP contribution < -0.4 is 4.74 Å².